The summed E-state index contributed by atoms with van der Waals surface area (Å²) < 4.78 is 0.806. The van der Waals surface area contributed by atoms with Crippen molar-refractivity contribution < 1.29 is 5.11 Å². The van der Waals surface area contributed by atoms with E-state index >= 15 is 0 Å². The summed E-state index contributed by atoms with van der Waals surface area (Å²) in [5, 5.41) is 9.36. The van der Waals surface area contributed by atoms with Gasteiger partial charge in [0.1, 0.15) is 0 Å². The van der Waals surface area contributed by atoms with Gasteiger partial charge in [0.05, 0.1) is 17.0 Å². The summed E-state index contributed by atoms with van der Waals surface area (Å²) in [6.45, 7) is 2.99. The Bertz CT molecular complexity index is 395. The van der Waals surface area contributed by atoms with Gasteiger partial charge in [-0.3, -0.25) is 4.90 Å². The van der Waals surface area contributed by atoms with Crippen LogP contribution in [0.4, 0.5) is 0 Å². The summed E-state index contributed by atoms with van der Waals surface area (Å²) in [6.07, 6.45) is 4.64. The van der Waals surface area contributed by atoms with Crippen LogP contribution in [-0.2, 0) is 0 Å². The highest BCUT2D eigenvalue weighted by Gasteiger charge is 2.34. The average Bonchev–Trinajstić information content (AvgIpc) is 2.73. The molecule has 0 amide bonds. The van der Waals surface area contributed by atoms with E-state index in [9.17, 15) is 5.11 Å². The van der Waals surface area contributed by atoms with E-state index in [-0.39, 0.29) is 18.7 Å². The van der Waals surface area contributed by atoms with Gasteiger partial charge >= 0.3 is 0 Å². The normalized spacial score (nSPS) is 19.4. The van der Waals surface area contributed by atoms with E-state index in [1.807, 2.05) is 6.07 Å². The second-order valence-corrected chi connectivity index (χ2v) is 6.95. The van der Waals surface area contributed by atoms with Crippen molar-refractivity contribution in [2.24, 2.45) is 5.73 Å². The molecule has 0 aliphatic heterocycles. The lowest BCUT2D eigenvalue weighted by Crippen LogP contribution is -2.49. The molecular weight excluding hydrogens is 280 g/mol. The summed E-state index contributed by atoms with van der Waals surface area (Å²) in [7, 11) is 0. The lowest BCUT2D eigenvalue weighted by atomic mass is 9.88. The second kappa shape index (κ2) is 7.04. The summed E-state index contributed by atoms with van der Waals surface area (Å²) >= 11 is 7.68. The highest BCUT2D eigenvalue weighted by Crippen LogP contribution is 2.38. The van der Waals surface area contributed by atoms with E-state index in [2.05, 4.69) is 17.9 Å². The van der Waals surface area contributed by atoms with Gasteiger partial charge in [-0.25, -0.2) is 0 Å². The van der Waals surface area contributed by atoms with Crippen molar-refractivity contribution in [1.29, 1.82) is 0 Å². The number of nitrogens with two attached hydrogens (primary N) is 1. The van der Waals surface area contributed by atoms with Crippen molar-refractivity contribution in [2.45, 2.75) is 50.7 Å². The Hall–Kier alpha value is -0.130. The average molecular weight is 303 g/mol. The van der Waals surface area contributed by atoms with Crippen LogP contribution < -0.4 is 5.73 Å². The molecule has 0 aromatic carbocycles. The Labute approximate surface area is 124 Å². The van der Waals surface area contributed by atoms with Crippen LogP contribution in [0.5, 0.6) is 0 Å². The van der Waals surface area contributed by atoms with Gasteiger partial charge in [0, 0.05) is 23.5 Å². The highest BCUT2D eigenvalue weighted by molar-refractivity contribution is 7.16. The van der Waals surface area contributed by atoms with Crippen molar-refractivity contribution in [2.75, 3.05) is 13.2 Å². The largest absolute Gasteiger partial charge is 0.395 e. The molecule has 1 fully saturated rings. The second-order valence-electron chi connectivity index (χ2n) is 5.20. The summed E-state index contributed by atoms with van der Waals surface area (Å²) in [5.74, 6) is 0. The topological polar surface area (TPSA) is 49.5 Å². The molecule has 0 spiro atoms. The molecule has 0 saturated heterocycles. The van der Waals surface area contributed by atoms with Gasteiger partial charge in [0.2, 0.25) is 0 Å². The van der Waals surface area contributed by atoms with Crippen LogP contribution in [0.1, 0.15) is 43.5 Å². The smallest absolute Gasteiger partial charge is 0.0931 e. The van der Waals surface area contributed by atoms with Gasteiger partial charge in [-0.05, 0) is 31.4 Å². The number of thiophene rings is 1. The molecule has 19 heavy (non-hydrogen) atoms. The summed E-state index contributed by atoms with van der Waals surface area (Å²) in [6, 6.07) is 4.85. The van der Waals surface area contributed by atoms with Crippen molar-refractivity contribution in [1.82, 2.24) is 4.90 Å². The third-order valence-corrected chi connectivity index (χ3v) is 5.32. The Morgan fingerprint density at radius 3 is 2.68 bits per heavy atom. The number of nitrogens with zero attached hydrogens (tertiary/aromatic N) is 1. The standard InChI is InChI=1S/C14H23ClN2OS/c1-2-11(16)14(12-6-7-13(15)19-12)17(8-9-18)10-4-3-5-10/h6-7,10-11,14,18H,2-5,8-9,16H2,1H3. The lowest BCUT2D eigenvalue weighted by Gasteiger charge is -2.44. The van der Waals surface area contributed by atoms with Crippen LogP contribution in [0.2, 0.25) is 4.34 Å². The van der Waals surface area contributed by atoms with E-state index in [4.69, 9.17) is 17.3 Å². The molecule has 1 aromatic heterocycles. The first-order valence-corrected chi connectivity index (χ1v) is 8.24. The first-order valence-electron chi connectivity index (χ1n) is 7.04. The Balaban J connectivity index is 2.23. The van der Waals surface area contributed by atoms with Gasteiger partial charge in [0.15, 0.2) is 0 Å². The van der Waals surface area contributed by atoms with Gasteiger partial charge < -0.3 is 10.8 Å². The minimum absolute atomic E-state index is 0.0851. The molecule has 2 unspecified atom stereocenters. The zero-order valence-corrected chi connectivity index (χ0v) is 13.0. The fraction of sp³-hybridized carbons (Fsp3) is 0.714. The lowest BCUT2D eigenvalue weighted by molar-refractivity contribution is 0.0488. The number of aliphatic hydroxyl groups excluding tert-OH is 1. The predicted molar refractivity (Wildman–Crippen MR) is 81.8 cm³/mol. The molecule has 0 bridgehead atoms. The molecule has 2 atom stereocenters. The van der Waals surface area contributed by atoms with E-state index in [0.717, 1.165) is 10.8 Å². The Kier molecular flexibility index (Phi) is 5.66. The SMILES string of the molecule is CCC(N)C(c1ccc(Cl)s1)N(CCO)C1CCC1. The minimum Gasteiger partial charge on any atom is -0.395 e. The molecule has 0 radical (unpaired) electrons. The van der Waals surface area contributed by atoms with Gasteiger partial charge in [0.25, 0.3) is 0 Å². The van der Waals surface area contributed by atoms with Crippen LogP contribution in [0, 0.1) is 0 Å². The maximum Gasteiger partial charge on any atom is 0.0931 e. The number of halogens is 1. The third-order valence-electron chi connectivity index (χ3n) is 4.02. The summed E-state index contributed by atoms with van der Waals surface area (Å²) in [4.78, 5) is 3.61. The van der Waals surface area contributed by atoms with E-state index < -0.39 is 0 Å². The van der Waals surface area contributed by atoms with Crippen LogP contribution in [0.25, 0.3) is 0 Å². The zero-order valence-electron chi connectivity index (χ0n) is 11.4. The van der Waals surface area contributed by atoms with Crippen molar-refractivity contribution in [3.8, 4) is 0 Å². The van der Waals surface area contributed by atoms with Crippen LogP contribution in [0.3, 0.4) is 0 Å². The van der Waals surface area contributed by atoms with Crippen molar-refractivity contribution in [3.63, 3.8) is 0 Å². The quantitative estimate of drug-likeness (QED) is 0.814. The van der Waals surface area contributed by atoms with Crippen molar-refractivity contribution in [3.05, 3.63) is 21.3 Å². The molecular formula is C14H23ClN2OS. The molecule has 1 heterocycles. The van der Waals surface area contributed by atoms with Crippen molar-refractivity contribution >= 4 is 22.9 Å². The maximum absolute atomic E-state index is 9.36. The fourth-order valence-corrected chi connectivity index (χ4v) is 3.97. The highest BCUT2D eigenvalue weighted by atomic mass is 35.5. The van der Waals surface area contributed by atoms with E-state index in [1.165, 1.54) is 24.1 Å². The van der Waals surface area contributed by atoms with Gasteiger partial charge in [-0.1, -0.05) is 24.9 Å². The monoisotopic (exact) mass is 302 g/mol. The first kappa shape index (κ1) is 15.3. The van der Waals surface area contributed by atoms with Crippen LogP contribution in [-0.4, -0.2) is 35.2 Å². The van der Waals surface area contributed by atoms with Crippen LogP contribution in [0.15, 0.2) is 12.1 Å². The molecule has 108 valence electrons. The van der Waals surface area contributed by atoms with Gasteiger partial charge in [-0.15, -0.1) is 11.3 Å². The zero-order chi connectivity index (χ0) is 13.8. The number of hydrogen-bond acceptors (Lipinski definition) is 4. The van der Waals surface area contributed by atoms with Gasteiger partial charge in [-0.2, -0.15) is 0 Å². The molecule has 3 N–H and O–H groups in total. The number of aliphatic hydroxyl groups is 1. The molecule has 5 heteroatoms. The molecule has 1 saturated carbocycles. The fourth-order valence-electron chi connectivity index (χ4n) is 2.71. The van der Waals surface area contributed by atoms with E-state index in [0.29, 0.717) is 12.6 Å². The van der Waals surface area contributed by atoms with E-state index in [1.54, 1.807) is 11.3 Å². The molecule has 1 aromatic rings. The molecule has 2 rings (SSSR count). The predicted octanol–water partition coefficient (Wildman–Crippen LogP) is 3.03. The number of rotatable bonds is 7. The number of hydrogen-bond donors (Lipinski definition) is 2. The Morgan fingerprint density at radius 1 is 1.53 bits per heavy atom. The Morgan fingerprint density at radius 2 is 2.26 bits per heavy atom. The summed E-state index contributed by atoms with van der Waals surface area (Å²) in [5.41, 5.74) is 6.35. The molecule has 1 aliphatic carbocycles. The molecule has 1 aliphatic rings. The first-order chi connectivity index (χ1) is 9.17. The maximum atomic E-state index is 9.36. The van der Waals surface area contributed by atoms with Crippen LogP contribution >= 0.6 is 22.9 Å². The minimum atomic E-state index is 0.0851. The third kappa shape index (κ3) is 3.50. The molecule has 3 nitrogen and oxygen atoms in total.